The Labute approximate surface area is 112 Å². The lowest BCUT2D eigenvalue weighted by atomic mass is 10.2. The summed E-state index contributed by atoms with van der Waals surface area (Å²) in [4.78, 5) is 11.0. The van der Waals surface area contributed by atoms with Crippen LogP contribution in [0.4, 0.5) is 11.4 Å². The monoisotopic (exact) mass is 284 g/mol. The van der Waals surface area contributed by atoms with Crippen molar-refractivity contribution < 1.29 is 17.9 Å². The smallest absolute Gasteiger partial charge is 0.235 e. The molecule has 0 unspecified atom stereocenters. The summed E-state index contributed by atoms with van der Waals surface area (Å²) in [5.41, 5.74) is 0.849. The van der Waals surface area contributed by atoms with Crippen molar-refractivity contribution >= 4 is 27.3 Å². The van der Waals surface area contributed by atoms with Crippen molar-refractivity contribution in [1.29, 1.82) is 0 Å². The highest BCUT2D eigenvalue weighted by Crippen LogP contribution is 2.34. The number of ether oxygens (including phenoxy) is 1. The number of anilines is 2. The van der Waals surface area contributed by atoms with Gasteiger partial charge in [-0.3, -0.25) is 9.52 Å². The van der Waals surface area contributed by atoms with E-state index in [1.54, 1.807) is 18.2 Å². The van der Waals surface area contributed by atoms with E-state index < -0.39 is 10.0 Å². The van der Waals surface area contributed by atoms with Gasteiger partial charge in [-0.25, -0.2) is 8.42 Å². The quantitative estimate of drug-likeness (QED) is 0.859. The summed E-state index contributed by atoms with van der Waals surface area (Å²) in [7, 11) is -1.90. The Kier molecular flexibility index (Phi) is 3.66. The third kappa shape index (κ3) is 3.37. The molecular formula is C12H16N2O4S. The summed E-state index contributed by atoms with van der Waals surface area (Å²) in [6.45, 7) is 1.39. The second kappa shape index (κ2) is 5.08. The van der Waals surface area contributed by atoms with Crippen LogP contribution in [0, 0.1) is 0 Å². The van der Waals surface area contributed by atoms with Crippen LogP contribution in [0.5, 0.6) is 5.75 Å². The fourth-order valence-corrected chi connectivity index (χ4v) is 3.07. The number of methoxy groups -OCH3 is 1. The van der Waals surface area contributed by atoms with Crippen LogP contribution in [0.1, 0.15) is 19.8 Å². The molecule has 0 bridgehead atoms. The Hall–Kier alpha value is -1.76. The topological polar surface area (TPSA) is 84.5 Å². The van der Waals surface area contributed by atoms with Crippen LogP contribution in [0.3, 0.4) is 0 Å². The Balaban J connectivity index is 2.28. The molecule has 6 nitrogen and oxygen atoms in total. The summed E-state index contributed by atoms with van der Waals surface area (Å²) in [5, 5.41) is 2.28. The molecule has 1 aliphatic carbocycles. The van der Waals surface area contributed by atoms with E-state index in [-0.39, 0.29) is 11.2 Å². The Bertz CT molecular complexity index is 594. The molecule has 2 N–H and O–H groups in total. The Morgan fingerprint density at radius 3 is 2.58 bits per heavy atom. The van der Waals surface area contributed by atoms with E-state index in [4.69, 9.17) is 4.74 Å². The number of hydrogen-bond acceptors (Lipinski definition) is 4. The number of sulfonamides is 1. The molecule has 7 heteroatoms. The highest BCUT2D eigenvalue weighted by atomic mass is 32.2. The number of benzene rings is 1. The van der Waals surface area contributed by atoms with Crippen LogP contribution in [0.15, 0.2) is 18.2 Å². The van der Waals surface area contributed by atoms with Gasteiger partial charge >= 0.3 is 0 Å². The van der Waals surface area contributed by atoms with Crippen LogP contribution in [-0.2, 0) is 14.8 Å². The minimum Gasteiger partial charge on any atom is -0.495 e. The Morgan fingerprint density at radius 2 is 2.05 bits per heavy atom. The first kappa shape index (κ1) is 13.7. The summed E-state index contributed by atoms with van der Waals surface area (Å²) in [5.74, 6) is 0.194. The van der Waals surface area contributed by atoms with E-state index in [9.17, 15) is 13.2 Å². The minimum absolute atomic E-state index is 0.221. The van der Waals surface area contributed by atoms with Crippen molar-refractivity contribution in [3.63, 3.8) is 0 Å². The lowest BCUT2D eigenvalue weighted by Gasteiger charge is -2.13. The van der Waals surface area contributed by atoms with Gasteiger partial charge in [-0.15, -0.1) is 0 Å². The van der Waals surface area contributed by atoms with Gasteiger partial charge in [0.1, 0.15) is 5.75 Å². The number of carbonyl (C=O) groups excluding carboxylic acids is 1. The molecule has 0 atom stereocenters. The molecule has 2 rings (SSSR count). The minimum atomic E-state index is -3.36. The highest BCUT2D eigenvalue weighted by Gasteiger charge is 2.36. The first-order valence-electron chi connectivity index (χ1n) is 5.89. The van der Waals surface area contributed by atoms with E-state index in [0.717, 1.165) is 0 Å². The fraction of sp³-hybridized carbons (Fsp3) is 0.417. The third-order valence-electron chi connectivity index (χ3n) is 2.74. The van der Waals surface area contributed by atoms with Crippen LogP contribution in [-0.4, -0.2) is 26.7 Å². The average Bonchev–Trinajstić information content (AvgIpc) is 3.12. The summed E-state index contributed by atoms with van der Waals surface area (Å²) < 4.78 is 31.4. The van der Waals surface area contributed by atoms with Crippen molar-refractivity contribution in [2.45, 2.75) is 25.0 Å². The zero-order valence-corrected chi connectivity index (χ0v) is 11.6. The zero-order valence-electron chi connectivity index (χ0n) is 10.8. The Morgan fingerprint density at radius 1 is 1.37 bits per heavy atom. The van der Waals surface area contributed by atoms with Crippen molar-refractivity contribution in [2.75, 3.05) is 17.1 Å². The van der Waals surface area contributed by atoms with Gasteiger partial charge in [-0.1, -0.05) is 0 Å². The van der Waals surface area contributed by atoms with E-state index in [1.165, 1.54) is 14.0 Å². The highest BCUT2D eigenvalue weighted by molar-refractivity contribution is 7.93. The van der Waals surface area contributed by atoms with E-state index in [1.807, 2.05) is 0 Å². The van der Waals surface area contributed by atoms with Gasteiger partial charge in [0, 0.05) is 12.6 Å². The molecule has 0 aromatic heterocycles. The van der Waals surface area contributed by atoms with E-state index in [0.29, 0.717) is 30.0 Å². The van der Waals surface area contributed by atoms with Crippen molar-refractivity contribution in [3.8, 4) is 5.75 Å². The van der Waals surface area contributed by atoms with Gasteiger partial charge in [0.15, 0.2) is 0 Å². The fourth-order valence-electron chi connectivity index (χ4n) is 1.68. The average molecular weight is 284 g/mol. The van der Waals surface area contributed by atoms with E-state index in [2.05, 4.69) is 10.0 Å². The first-order chi connectivity index (χ1) is 8.92. The number of carbonyl (C=O) groups is 1. The summed E-state index contributed by atoms with van der Waals surface area (Å²) in [6.07, 6.45) is 1.37. The second-order valence-corrected chi connectivity index (χ2v) is 6.40. The van der Waals surface area contributed by atoms with Crippen molar-refractivity contribution in [3.05, 3.63) is 18.2 Å². The molecule has 1 amide bonds. The molecule has 1 fully saturated rings. The molecule has 104 valence electrons. The van der Waals surface area contributed by atoms with Gasteiger partial charge in [0.25, 0.3) is 0 Å². The third-order valence-corrected chi connectivity index (χ3v) is 4.59. The van der Waals surface area contributed by atoms with Crippen molar-refractivity contribution in [1.82, 2.24) is 0 Å². The van der Waals surface area contributed by atoms with Gasteiger partial charge in [-0.05, 0) is 31.0 Å². The molecule has 1 aromatic rings. The van der Waals surface area contributed by atoms with Crippen LogP contribution in [0.2, 0.25) is 0 Å². The lowest BCUT2D eigenvalue weighted by molar-refractivity contribution is -0.114. The molecule has 0 radical (unpaired) electrons. The predicted molar refractivity (Wildman–Crippen MR) is 72.9 cm³/mol. The van der Waals surface area contributed by atoms with Gasteiger partial charge in [0.2, 0.25) is 15.9 Å². The second-order valence-electron chi connectivity index (χ2n) is 4.44. The zero-order chi connectivity index (χ0) is 14.0. The van der Waals surface area contributed by atoms with Gasteiger partial charge in [-0.2, -0.15) is 0 Å². The molecule has 1 saturated carbocycles. The maximum atomic E-state index is 11.9. The molecule has 0 aliphatic heterocycles. The molecule has 0 saturated heterocycles. The molecule has 1 aromatic carbocycles. The lowest BCUT2D eigenvalue weighted by Crippen LogP contribution is -2.18. The van der Waals surface area contributed by atoms with Gasteiger partial charge < -0.3 is 10.1 Å². The van der Waals surface area contributed by atoms with Crippen LogP contribution < -0.4 is 14.8 Å². The molecule has 0 heterocycles. The molecule has 19 heavy (non-hydrogen) atoms. The summed E-state index contributed by atoms with van der Waals surface area (Å²) >= 11 is 0. The number of amides is 1. The normalized spacial score (nSPS) is 14.8. The van der Waals surface area contributed by atoms with Crippen molar-refractivity contribution in [2.24, 2.45) is 0 Å². The standard InChI is InChI=1S/C12H16N2O4S/c1-8(15)13-9-3-6-12(18-2)11(7-9)14-19(16,17)10-4-5-10/h3,6-7,10,14H,4-5H2,1-2H3,(H,13,15). The van der Waals surface area contributed by atoms with Crippen LogP contribution in [0.25, 0.3) is 0 Å². The molecular weight excluding hydrogens is 268 g/mol. The van der Waals surface area contributed by atoms with Gasteiger partial charge in [0.05, 0.1) is 18.0 Å². The predicted octanol–water partition coefficient (Wildman–Crippen LogP) is 1.56. The maximum absolute atomic E-state index is 11.9. The first-order valence-corrected chi connectivity index (χ1v) is 7.44. The van der Waals surface area contributed by atoms with Crippen LogP contribution >= 0.6 is 0 Å². The SMILES string of the molecule is COc1ccc(NC(C)=O)cc1NS(=O)(=O)C1CC1. The summed E-state index contributed by atoms with van der Waals surface area (Å²) in [6, 6.07) is 4.80. The number of hydrogen-bond donors (Lipinski definition) is 2. The molecule has 0 spiro atoms. The van der Waals surface area contributed by atoms with E-state index >= 15 is 0 Å². The molecule has 1 aliphatic rings. The number of nitrogens with one attached hydrogen (secondary N) is 2. The number of rotatable bonds is 5. The maximum Gasteiger partial charge on any atom is 0.235 e. The largest absolute Gasteiger partial charge is 0.495 e.